The predicted octanol–water partition coefficient (Wildman–Crippen LogP) is 1.39. The van der Waals surface area contributed by atoms with Gasteiger partial charge in [-0.1, -0.05) is 12.1 Å². The summed E-state index contributed by atoms with van der Waals surface area (Å²) < 4.78 is 2.90. The molecule has 2 N–H and O–H groups in total. The monoisotopic (exact) mass is 443 g/mol. The van der Waals surface area contributed by atoms with Crippen molar-refractivity contribution >= 4 is 23.5 Å². The van der Waals surface area contributed by atoms with Crippen molar-refractivity contribution in [1.29, 1.82) is 0 Å². The summed E-state index contributed by atoms with van der Waals surface area (Å²) in [6, 6.07) is 7.50. The lowest BCUT2D eigenvalue weighted by molar-refractivity contribution is -0.118. The zero-order valence-electron chi connectivity index (χ0n) is 19.0. The summed E-state index contributed by atoms with van der Waals surface area (Å²) in [5.41, 5.74) is 1.06. The number of aliphatic hydroxyl groups is 1. The molecule has 2 aliphatic rings. The van der Waals surface area contributed by atoms with E-state index < -0.39 is 6.10 Å². The predicted molar refractivity (Wildman–Crippen MR) is 122 cm³/mol. The summed E-state index contributed by atoms with van der Waals surface area (Å²) in [5.74, 6) is 0. The largest absolute Gasteiger partial charge is 0.390 e. The lowest BCUT2D eigenvalue weighted by atomic mass is 9.97. The molecule has 3 heterocycles. The topological polar surface area (TPSA) is 99.8 Å². The van der Waals surface area contributed by atoms with Crippen molar-refractivity contribution < 1.29 is 14.7 Å². The number of fused-ring (bicyclic) bond motifs is 3. The average molecular weight is 444 g/mol. The number of carbonyl (C=O) groups is 2. The molecule has 1 unspecified atom stereocenters. The van der Waals surface area contributed by atoms with Crippen LogP contribution in [0.3, 0.4) is 0 Å². The molecule has 9 heteroatoms. The second kappa shape index (κ2) is 9.07. The fourth-order valence-corrected chi connectivity index (χ4v) is 5.47. The van der Waals surface area contributed by atoms with Crippen LogP contribution in [0.15, 0.2) is 29.1 Å². The van der Waals surface area contributed by atoms with Crippen molar-refractivity contribution in [3.8, 4) is 0 Å². The first-order valence-corrected chi connectivity index (χ1v) is 11.4. The number of hydrogen-bond acceptors (Lipinski definition) is 5. The number of para-hydroxylation sites is 2. The van der Waals surface area contributed by atoms with Gasteiger partial charge in [0.05, 0.1) is 17.1 Å². The van der Waals surface area contributed by atoms with E-state index in [4.69, 9.17) is 0 Å². The van der Waals surface area contributed by atoms with Crippen LogP contribution in [0.25, 0.3) is 11.0 Å². The number of carbonyl (C=O) groups excluding carboxylic acids is 2. The Hall–Kier alpha value is -2.65. The molecule has 0 spiro atoms. The number of likely N-dealkylation sites (N-methyl/N-ethyl adjacent to an activating group) is 1. The van der Waals surface area contributed by atoms with Crippen molar-refractivity contribution in [1.82, 2.24) is 24.3 Å². The van der Waals surface area contributed by atoms with Crippen LogP contribution >= 0.6 is 0 Å². The molecule has 0 radical (unpaired) electrons. The van der Waals surface area contributed by atoms with E-state index in [1.54, 1.807) is 17.7 Å². The Morgan fingerprint density at radius 3 is 2.44 bits per heavy atom. The normalized spacial score (nSPS) is 24.1. The highest BCUT2D eigenvalue weighted by Gasteiger charge is 2.42. The van der Waals surface area contributed by atoms with Crippen molar-refractivity contribution in [2.75, 3.05) is 20.1 Å². The number of benzene rings is 1. The van der Waals surface area contributed by atoms with Gasteiger partial charge in [0, 0.05) is 44.3 Å². The molecule has 2 bridgehead atoms. The third-order valence-corrected chi connectivity index (χ3v) is 6.81. The van der Waals surface area contributed by atoms with Gasteiger partial charge in [0.1, 0.15) is 0 Å². The summed E-state index contributed by atoms with van der Waals surface area (Å²) in [4.78, 5) is 40.8. The number of amides is 2. The van der Waals surface area contributed by atoms with E-state index in [-0.39, 0.29) is 35.9 Å². The number of nitrogens with zero attached hydrogens (tertiary/aromatic N) is 4. The van der Waals surface area contributed by atoms with Gasteiger partial charge in [0.2, 0.25) is 6.41 Å². The van der Waals surface area contributed by atoms with Crippen LogP contribution in [0, 0.1) is 0 Å². The number of hydrogen-bond donors (Lipinski definition) is 2. The average Bonchev–Trinajstić information content (AvgIpc) is 3.16. The molecule has 2 fully saturated rings. The van der Waals surface area contributed by atoms with Gasteiger partial charge >= 0.3 is 11.7 Å². The van der Waals surface area contributed by atoms with E-state index in [1.165, 1.54) is 9.47 Å². The van der Waals surface area contributed by atoms with Gasteiger partial charge in [-0.15, -0.1) is 0 Å². The lowest BCUT2D eigenvalue weighted by Gasteiger charge is -2.40. The smallest absolute Gasteiger partial charge is 0.337 e. The Balaban J connectivity index is 1.46. The number of rotatable bonds is 7. The maximum atomic E-state index is 13.2. The molecular weight excluding hydrogens is 410 g/mol. The minimum absolute atomic E-state index is 0.0147. The van der Waals surface area contributed by atoms with Crippen molar-refractivity contribution in [2.24, 2.45) is 0 Å². The maximum Gasteiger partial charge on any atom is 0.337 e. The summed E-state index contributed by atoms with van der Waals surface area (Å²) in [7, 11) is 1.66. The van der Waals surface area contributed by atoms with E-state index in [9.17, 15) is 19.5 Å². The molecule has 0 aliphatic carbocycles. The number of nitrogens with one attached hydrogen (secondary N) is 1. The fourth-order valence-electron chi connectivity index (χ4n) is 5.47. The minimum Gasteiger partial charge on any atom is -0.390 e. The zero-order chi connectivity index (χ0) is 23.0. The maximum absolute atomic E-state index is 13.2. The van der Waals surface area contributed by atoms with Crippen LogP contribution in [0.1, 0.15) is 45.6 Å². The van der Waals surface area contributed by atoms with Crippen LogP contribution in [0.2, 0.25) is 0 Å². The third kappa shape index (κ3) is 4.19. The van der Waals surface area contributed by atoms with E-state index in [1.807, 2.05) is 32.0 Å². The molecule has 32 heavy (non-hydrogen) atoms. The highest BCUT2D eigenvalue weighted by atomic mass is 16.3. The summed E-state index contributed by atoms with van der Waals surface area (Å²) in [6.45, 7) is 4.70. The molecule has 0 saturated carbocycles. The Bertz CT molecular complexity index is 1030. The molecule has 4 atom stereocenters. The zero-order valence-corrected chi connectivity index (χ0v) is 19.0. The number of imidazole rings is 1. The highest BCUT2D eigenvalue weighted by molar-refractivity contribution is 5.89. The van der Waals surface area contributed by atoms with E-state index >= 15 is 0 Å². The molecule has 174 valence electrons. The van der Waals surface area contributed by atoms with Gasteiger partial charge in [-0.25, -0.2) is 14.2 Å². The van der Waals surface area contributed by atoms with E-state index in [0.717, 1.165) is 37.6 Å². The Morgan fingerprint density at radius 1 is 1.22 bits per heavy atom. The van der Waals surface area contributed by atoms with E-state index in [2.05, 4.69) is 10.2 Å². The van der Waals surface area contributed by atoms with Crippen molar-refractivity contribution in [3.63, 3.8) is 0 Å². The van der Waals surface area contributed by atoms with Gasteiger partial charge in [-0.2, -0.15) is 0 Å². The summed E-state index contributed by atoms with van der Waals surface area (Å²) in [5, 5.41) is 13.5. The first kappa shape index (κ1) is 22.5. The third-order valence-electron chi connectivity index (χ3n) is 6.81. The number of aliphatic hydroxyl groups excluding tert-OH is 1. The Morgan fingerprint density at radius 2 is 1.84 bits per heavy atom. The number of aromatic nitrogens is 2. The molecular formula is C23H33N5O4. The summed E-state index contributed by atoms with van der Waals surface area (Å²) >= 11 is 0. The molecule has 2 aromatic rings. The second-order valence-corrected chi connectivity index (χ2v) is 9.47. The molecule has 1 aromatic carbocycles. The Labute approximate surface area is 187 Å². The van der Waals surface area contributed by atoms with Crippen LogP contribution in [0.5, 0.6) is 0 Å². The van der Waals surface area contributed by atoms with Gasteiger partial charge in [-0.05, 0) is 51.7 Å². The quantitative estimate of drug-likeness (QED) is 0.630. The van der Waals surface area contributed by atoms with Crippen LogP contribution in [-0.4, -0.2) is 80.8 Å². The second-order valence-electron chi connectivity index (χ2n) is 9.47. The minimum atomic E-state index is -0.597. The highest BCUT2D eigenvalue weighted by Crippen LogP contribution is 2.35. The summed E-state index contributed by atoms with van der Waals surface area (Å²) in [6.07, 6.45) is 3.75. The van der Waals surface area contributed by atoms with Crippen molar-refractivity contribution in [2.45, 2.75) is 69.8 Å². The lowest BCUT2D eigenvalue weighted by Crippen LogP contribution is -2.54. The van der Waals surface area contributed by atoms with Gasteiger partial charge in [0.25, 0.3) is 0 Å². The van der Waals surface area contributed by atoms with Gasteiger partial charge in [-0.3, -0.25) is 14.3 Å². The standard InChI is InChI=1S/C23H33N5O4/c1-15(2)27-20-6-4-5-7-21(20)28(23(27)32)22(31)24-16-10-17-8-9-18(11-16)26(17)13-19(30)12-25(3)14-29/h4-7,14-19,30H,8-13H2,1-3H3,(H,24,31)/t16-,17-,18+,19?. The van der Waals surface area contributed by atoms with Crippen LogP contribution in [-0.2, 0) is 4.79 Å². The van der Waals surface area contributed by atoms with Crippen LogP contribution < -0.4 is 11.0 Å². The molecule has 2 saturated heterocycles. The fraction of sp³-hybridized carbons (Fsp3) is 0.609. The molecule has 4 rings (SSSR count). The first-order chi connectivity index (χ1) is 15.3. The van der Waals surface area contributed by atoms with Crippen LogP contribution in [0.4, 0.5) is 4.79 Å². The molecule has 9 nitrogen and oxygen atoms in total. The number of piperidine rings is 1. The van der Waals surface area contributed by atoms with Gasteiger partial charge in [0.15, 0.2) is 0 Å². The first-order valence-electron chi connectivity index (χ1n) is 11.4. The van der Waals surface area contributed by atoms with Gasteiger partial charge < -0.3 is 15.3 Å². The molecule has 2 amide bonds. The Kier molecular flexibility index (Phi) is 6.39. The van der Waals surface area contributed by atoms with E-state index in [0.29, 0.717) is 18.6 Å². The molecule has 1 aromatic heterocycles. The SMILES string of the molecule is CC(C)n1c(=O)n(C(=O)N[C@@H]2C[C@H]3CC[C@@H](C2)N3CC(O)CN(C)C=O)c2ccccc21. The van der Waals surface area contributed by atoms with Crippen molar-refractivity contribution in [3.05, 3.63) is 34.7 Å². The molecule has 2 aliphatic heterocycles.